The van der Waals surface area contributed by atoms with Gasteiger partial charge in [0.1, 0.15) is 12.4 Å². The average Bonchev–Trinajstić information content (AvgIpc) is 2.70. The SMILES string of the molecule is O=C(CCCNC(=O)N1CC(=O)Nc2ccccc21)NCCc1cccc(F)c1. The first-order valence-corrected chi connectivity index (χ1v) is 9.48. The van der Waals surface area contributed by atoms with Crippen molar-refractivity contribution < 1.29 is 18.8 Å². The lowest BCUT2D eigenvalue weighted by atomic mass is 10.1. The summed E-state index contributed by atoms with van der Waals surface area (Å²) in [7, 11) is 0. The van der Waals surface area contributed by atoms with Crippen molar-refractivity contribution in [3.8, 4) is 0 Å². The maximum atomic E-state index is 13.1. The standard InChI is InChI=1S/C21H23FN4O3/c22-16-6-3-5-15(13-16)10-12-23-19(27)9-4-11-24-21(29)26-14-20(28)25-17-7-1-2-8-18(17)26/h1-3,5-8,13H,4,9-12,14H2,(H,23,27)(H,24,29)(H,25,28). The van der Waals surface area contributed by atoms with E-state index in [0.29, 0.717) is 37.3 Å². The molecule has 0 fully saturated rings. The van der Waals surface area contributed by atoms with Crippen LogP contribution in [-0.4, -0.2) is 37.5 Å². The van der Waals surface area contributed by atoms with E-state index in [4.69, 9.17) is 0 Å². The molecular weight excluding hydrogens is 375 g/mol. The number of nitrogens with zero attached hydrogens (tertiary/aromatic N) is 1. The number of nitrogens with one attached hydrogen (secondary N) is 3. The van der Waals surface area contributed by atoms with Crippen LogP contribution in [0, 0.1) is 5.82 Å². The van der Waals surface area contributed by atoms with Crippen molar-refractivity contribution in [2.45, 2.75) is 19.3 Å². The van der Waals surface area contributed by atoms with Crippen molar-refractivity contribution in [1.82, 2.24) is 10.6 Å². The zero-order valence-corrected chi connectivity index (χ0v) is 15.9. The maximum Gasteiger partial charge on any atom is 0.322 e. The number of fused-ring (bicyclic) bond motifs is 1. The number of anilines is 2. The van der Waals surface area contributed by atoms with E-state index in [1.165, 1.54) is 17.0 Å². The molecule has 29 heavy (non-hydrogen) atoms. The summed E-state index contributed by atoms with van der Waals surface area (Å²) in [4.78, 5) is 37.5. The molecule has 1 aliphatic rings. The van der Waals surface area contributed by atoms with Crippen molar-refractivity contribution >= 4 is 29.2 Å². The van der Waals surface area contributed by atoms with Crippen LogP contribution in [0.15, 0.2) is 48.5 Å². The van der Waals surface area contributed by atoms with E-state index in [0.717, 1.165) is 5.56 Å². The number of rotatable bonds is 7. The molecule has 0 bridgehead atoms. The molecule has 3 N–H and O–H groups in total. The zero-order chi connectivity index (χ0) is 20.6. The number of halogens is 1. The molecule has 2 aromatic rings. The largest absolute Gasteiger partial charge is 0.356 e. The molecule has 0 aliphatic carbocycles. The first-order chi connectivity index (χ1) is 14.0. The topological polar surface area (TPSA) is 90.5 Å². The Kier molecular flexibility index (Phi) is 6.78. The second-order valence-corrected chi connectivity index (χ2v) is 6.72. The highest BCUT2D eigenvalue weighted by molar-refractivity contribution is 6.09. The first-order valence-electron chi connectivity index (χ1n) is 9.48. The number of carbonyl (C=O) groups is 3. The third kappa shape index (κ3) is 5.78. The van der Waals surface area contributed by atoms with Gasteiger partial charge in [-0.05, 0) is 42.7 Å². The first kappa shape index (κ1) is 20.3. The van der Waals surface area contributed by atoms with Crippen LogP contribution in [0.1, 0.15) is 18.4 Å². The van der Waals surface area contributed by atoms with E-state index in [1.807, 2.05) is 6.07 Å². The molecule has 0 unspecified atom stereocenters. The van der Waals surface area contributed by atoms with Gasteiger partial charge in [0.15, 0.2) is 0 Å². The smallest absolute Gasteiger partial charge is 0.322 e. The molecular formula is C21H23FN4O3. The van der Waals surface area contributed by atoms with Crippen LogP contribution < -0.4 is 20.9 Å². The number of hydrogen-bond donors (Lipinski definition) is 3. The monoisotopic (exact) mass is 398 g/mol. The van der Waals surface area contributed by atoms with Gasteiger partial charge in [-0.25, -0.2) is 9.18 Å². The lowest BCUT2D eigenvalue weighted by Gasteiger charge is -2.29. The van der Waals surface area contributed by atoms with Gasteiger partial charge in [-0.3, -0.25) is 14.5 Å². The molecule has 0 spiro atoms. The van der Waals surface area contributed by atoms with E-state index in [-0.39, 0.29) is 36.6 Å². The predicted octanol–water partition coefficient (Wildman–Crippen LogP) is 2.43. The van der Waals surface area contributed by atoms with Gasteiger partial charge in [0.2, 0.25) is 11.8 Å². The Morgan fingerprint density at radius 3 is 2.72 bits per heavy atom. The molecule has 0 aromatic heterocycles. The summed E-state index contributed by atoms with van der Waals surface area (Å²) in [5, 5.41) is 8.25. The van der Waals surface area contributed by atoms with E-state index < -0.39 is 0 Å². The number of hydrogen-bond acceptors (Lipinski definition) is 3. The molecule has 1 aliphatic heterocycles. The van der Waals surface area contributed by atoms with Crippen molar-refractivity contribution in [2.24, 2.45) is 0 Å². The normalized spacial score (nSPS) is 12.7. The minimum absolute atomic E-state index is 0.0522. The summed E-state index contributed by atoms with van der Waals surface area (Å²) in [5.74, 6) is -0.673. The van der Waals surface area contributed by atoms with E-state index in [9.17, 15) is 18.8 Å². The van der Waals surface area contributed by atoms with Crippen molar-refractivity contribution in [1.29, 1.82) is 0 Å². The van der Waals surface area contributed by atoms with Crippen molar-refractivity contribution in [3.05, 3.63) is 59.9 Å². The summed E-state index contributed by atoms with van der Waals surface area (Å²) < 4.78 is 13.1. The van der Waals surface area contributed by atoms with Crippen LogP contribution >= 0.6 is 0 Å². The highest BCUT2D eigenvalue weighted by atomic mass is 19.1. The van der Waals surface area contributed by atoms with Gasteiger partial charge in [-0.15, -0.1) is 0 Å². The van der Waals surface area contributed by atoms with Crippen LogP contribution in [-0.2, 0) is 16.0 Å². The molecule has 152 valence electrons. The second kappa shape index (κ2) is 9.68. The maximum absolute atomic E-state index is 13.1. The summed E-state index contributed by atoms with van der Waals surface area (Å²) in [6.07, 6.45) is 1.29. The Morgan fingerprint density at radius 1 is 1.07 bits per heavy atom. The van der Waals surface area contributed by atoms with E-state index in [2.05, 4.69) is 16.0 Å². The van der Waals surface area contributed by atoms with Gasteiger partial charge in [0, 0.05) is 19.5 Å². The minimum Gasteiger partial charge on any atom is -0.356 e. The Labute approximate surface area is 168 Å². The van der Waals surface area contributed by atoms with Crippen LogP contribution in [0.25, 0.3) is 0 Å². The Hall–Kier alpha value is -3.42. The molecule has 4 amide bonds. The molecule has 0 radical (unpaired) electrons. The summed E-state index contributed by atoms with van der Waals surface area (Å²) in [6.45, 7) is 0.689. The number of para-hydroxylation sites is 2. The summed E-state index contributed by atoms with van der Waals surface area (Å²) in [6, 6.07) is 13.0. The fourth-order valence-corrected chi connectivity index (χ4v) is 3.08. The van der Waals surface area contributed by atoms with Gasteiger partial charge < -0.3 is 16.0 Å². The molecule has 3 rings (SSSR count). The van der Waals surface area contributed by atoms with Crippen LogP contribution in [0.2, 0.25) is 0 Å². The third-order valence-corrected chi connectivity index (χ3v) is 4.50. The quantitative estimate of drug-likeness (QED) is 0.626. The average molecular weight is 398 g/mol. The van der Waals surface area contributed by atoms with Gasteiger partial charge in [0.05, 0.1) is 11.4 Å². The van der Waals surface area contributed by atoms with Crippen molar-refractivity contribution in [3.63, 3.8) is 0 Å². The fraction of sp³-hybridized carbons (Fsp3) is 0.286. The number of carbonyl (C=O) groups excluding carboxylic acids is 3. The highest BCUT2D eigenvalue weighted by Crippen LogP contribution is 2.28. The van der Waals surface area contributed by atoms with Gasteiger partial charge >= 0.3 is 6.03 Å². The van der Waals surface area contributed by atoms with Gasteiger partial charge in [-0.2, -0.15) is 0 Å². The van der Waals surface area contributed by atoms with Crippen molar-refractivity contribution in [2.75, 3.05) is 29.9 Å². The van der Waals surface area contributed by atoms with E-state index in [1.54, 1.807) is 30.3 Å². The minimum atomic E-state index is -0.376. The zero-order valence-electron chi connectivity index (χ0n) is 15.9. The third-order valence-electron chi connectivity index (χ3n) is 4.50. The van der Waals surface area contributed by atoms with E-state index >= 15 is 0 Å². The highest BCUT2D eigenvalue weighted by Gasteiger charge is 2.26. The summed E-state index contributed by atoms with van der Waals surface area (Å²) in [5.41, 5.74) is 2.06. The molecule has 8 heteroatoms. The summed E-state index contributed by atoms with van der Waals surface area (Å²) >= 11 is 0. The van der Waals surface area contributed by atoms with Crippen LogP contribution in [0.5, 0.6) is 0 Å². The lowest BCUT2D eigenvalue weighted by molar-refractivity contribution is -0.121. The van der Waals surface area contributed by atoms with Crippen LogP contribution in [0.4, 0.5) is 20.6 Å². The molecule has 0 saturated heterocycles. The van der Waals surface area contributed by atoms with Gasteiger partial charge in [0.25, 0.3) is 0 Å². The second-order valence-electron chi connectivity index (χ2n) is 6.72. The number of benzene rings is 2. The molecule has 0 atom stereocenters. The fourth-order valence-electron chi connectivity index (χ4n) is 3.08. The number of urea groups is 1. The lowest BCUT2D eigenvalue weighted by Crippen LogP contribution is -2.47. The Balaban J connectivity index is 1.36. The van der Waals surface area contributed by atoms with Crippen LogP contribution in [0.3, 0.4) is 0 Å². The molecule has 7 nitrogen and oxygen atoms in total. The number of amides is 4. The molecule has 0 saturated carbocycles. The molecule has 1 heterocycles. The Bertz CT molecular complexity index is 903. The predicted molar refractivity (Wildman–Crippen MR) is 108 cm³/mol. The Morgan fingerprint density at radius 2 is 1.90 bits per heavy atom. The molecule has 2 aromatic carbocycles. The van der Waals surface area contributed by atoms with Gasteiger partial charge in [-0.1, -0.05) is 24.3 Å².